The summed E-state index contributed by atoms with van der Waals surface area (Å²) < 4.78 is 16.2. The summed E-state index contributed by atoms with van der Waals surface area (Å²) in [5.41, 5.74) is 3.93. The molecule has 7 nitrogen and oxygen atoms in total. The van der Waals surface area contributed by atoms with E-state index in [0.717, 1.165) is 16.7 Å². The van der Waals surface area contributed by atoms with E-state index in [9.17, 15) is 9.59 Å². The highest BCUT2D eigenvalue weighted by atomic mass is 16.5. The van der Waals surface area contributed by atoms with Crippen molar-refractivity contribution in [3.05, 3.63) is 72.3 Å². The van der Waals surface area contributed by atoms with Crippen molar-refractivity contribution in [3.8, 4) is 28.4 Å². The van der Waals surface area contributed by atoms with Gasteiger partial charge >= 0.3 is 0 Å². The zero-order chi connectivity index (χ0) is 24.9. The van der Waals surface area contributed by atoms with E-state index >= 15 is 0 Å². The Balaban J connectivity index is 1.44. The van der Waals surface area contributed by atoms with Gasteiger partial charge in [-0.15, -0.1) is 0 Å². The second-order valence-corrected chi connectivity index (χ2v) is 8.55. The quantitative estimate of drug-likeness (QED) is 0.484. The van der Waals surface area contributed by atoms with Gasteiger partial charge in [0.1, 0.15) is 0 Å². The summed E-state index contributed by atoms with van der Waals surface area (Å²) >= 11 is 0. The maximum absolute atomic E-state index is 13.2. The van der Waals surface area contributed by atoms with Crippen LogP contribution in [0.4, 0.5) is 5.69 Å². The fourth-order valence-corrected chi connectivity index (χ4v) is 4.44. The highest BCUT2D eigenvalue weighted by Gasteiger charge is 2.37. The van der Waals surface area contributed by atoms with Gasteiger partial charge in [0.15, 0.2) is 11.5 Å². The molecule has 0 N–H and O–H groups in total. The Morgan fingerprint density at radius 2 is 1.51 bits per heavy atom. The Hall–Kier alpha value is -4.00. The van der Waals surface area contributed by atoms with E-state index in [4.69, 9.17) is 14.2 Å². The van der Waals surface area contributed by atoms with Gasteiger partial charge in [0.2, 0.25) is 17.6 Å². The standard InChI is InChI=1S/C28H30N2O5/c1-29(17-19-10-12-21(13-11-19)20-8-6-5-7-9-20)28(32)22-14-26(31)30(18-22)23-15-24(33-2)27(35-4)25(16-23)34-3/h5-13,15-16,22H,14,17-18H2,1-4H3. The Morgan fingerprint density at radius 1 is 0.914 bits per heavy atom. The van der Waals surface area contributed by atoms with Crippen molar-refractivity contribution in [1.29, 1.82) is 0 Å². The fourth-order valence-electron chi connectivity index (χ4n) is 4.44. The molecular weight excluding hydrogens is 444 g/mol. The Kier molecular flexibility index (Phi) is 7.25. The molecule has 1 heterocycles. The molecule has 4 rings (SSSR count). The second kappa shape index (κ2) is 10.5. The molecule has 1 atom stereocenters. The molecule has 35 heavy (non-hydrogen) atoms. The van der Waals surface area contributed by atoms with Gasteiger partial charge in [-0.1, -0.05) is 54.6 Å². The van der Waals surface area contributed by atoms with Crippen molar-refractivity contribution in [2.45, 2.75) is 13.0 Å². The lowest BCUT2D eigenvalue weighted by Gasteiger charge is -2.22. The number of hydrogen-bond acceptors (Lipinski definition) is 5. The monoisotopic (exact) mass is 474 g/mol. The SMILES string of the molecule is COc1cc(N2CC(C(=O)N(C)Cc3ccc(-c4ccccc4)cc3)CC2=O)cc(OC)c1OC. The number of carbonyl (C=O) groups is 2. The van der Waals surface area contributed by atoms with Gasteiger partial charge in [0.05, 0.1) is 32.9 Å². The van der Waals surface area contributed by atoms with Gasteiger partial charge in [0.25, 0.3) is 0 Å². The number of methoxy groups -OCH3 is 3. The van der Waals surface area contributed by atoms with Crippen LogP contribution in [0.15, 0.2) is 66.7 Å². The van der Waals surface area contributed by atoms with Gasteiger partial charge in [-0.3, -0.25) is 9.59 Å². The Bertz CT molecular complexity index is 1170. The molecule has 0 saturated carbocycles. The maximum Gasteiger partial charge on any atom is 0.228 e. The van der Waals surface area contributed by atoms with Crippen LogP contribution in [0.2, 0.25) is 0 Å². The average molecular weight is 475 g/mol. The normalized spacial score (nSPS) is 15.1. The van der Waals surface area contributed by atoms with Crippen LogP contribution in [0.3, 0.4) is 0 Å². The summed E-state index contributed by atoms with van der Waals surface area (Å²) in [5.74, 6) is 0.783. The first-order chi connectivity index (χ1) is 16.9. The van der Waals surface area contributed by atoms with E-state index in [1.54, 1.807) is 29.0 Å². The number of amides is 2. The van der Waals surface area contributed by atoms with E-state index in [2.05, 4.69) is 24.3 Å². The second-order valence-electron chi connectivity index (χ2n) is 8.55. The molecule has 0 bridgehead atoms. The molecule has 0 radical (unpaired) electrons. The number of rotatable bonds is 8. The smallest absolute Gasteiger partial charge is 0.228 e. The molecule has 0 aromatic heterocycles. The van der Waals surface area contributed by atoms with Crippen LogP contribution in [-0.2, 0) is 16.1 Å². The van der Waals surface area contributed by atoms with Crippen LogP contribution in [0.5, 0.6) is 17.2 Å². The minimum Gasteiger partial charge on any atom is -0.493 e. The van der Waals surface area contributed by atoms with Gasteiger partial charge in [-0.25, -0.2) is 0 Å². The molecule has 1 unspecified atom stereocenters. The average Bonchev–Trinajstić information content (AvgIpc) is 3.29. The zero-order valence-electron chi connectivity index (χ0n) is 20.5. The van der Waals surface area contributed by atoms with Crippen molar-refractivity contribution in [1.82, 2.24) is 4.90 Å². The number of ether oxygens (including phenoxy) is 3. The highest BCUT2D eigenvalue weighted by molar-refractivity contribution is 6.00. The molecule has 0 aliphatic carbocycles. The van der Waals surface area contributed by atoms with Crippen LogP contribution in [0.25, 0.3) is 11.1 Å². The summed E-state index contributed by atoms with van der Waals surface area (Å²) in [7, 11) is 6.36. The Labute approximate surface area is 205 Å². The summed E-state index contributed by atoms with van der Waals surface area (Å²) in [6.07, 6.45) is 0.160. The molecular formula is C28H30N2O5. The molecule has 3 aromatic rings. The predicted molar refractivity (Wildman–Crippen MR) is 135 cm³/mol. The molecule has 1 aliphatic heterocycles. The summed E-state index contributed by atoms with van der Waals surface area (Å²) in [5, 5.41) is 0. The van der Waals surface area contributed by atoms with Gasteiger partial charge in [-0.05, 0) is 16.7 Å². The van der Waals surface area contributed by atoms with Crippen LogP contribution in [-0.4, -0.2) is 51.6 Å². The highest BCUT2D eigenvalue weighted by Crippen LogP contribution is 2.42. The van der Waals surface area contributed by atoms with Crippen molar-refractivity contribution in [2.24, 2.45) is 5.92 Å². The van der Waals surface area contributed by atoms with Crippen LogP contribution in [0.1, 0.15) is 12.0 Å². The predicted octanol–water partition coefficient (Wildman–Crippen LogP) is 4.39. The van der Waals surface area contributed by atoms with E-state index in [-0.39, 0.29) is 18.2 Å². The van der Waals surface area contributed by atoms with Gasteiger partial charge < -0.3 is 24.0 Å². The van der Waals surface area contributed by atoms with Crippen molar-refractivity contribution < 1.29 is 23.8 Å². The van der Waals surface area contributed by atoms with E-state index in [0.29, 0.717) is 36.0 Å². The van der Waals surface area contributed by atoms with Crippen LogP contribution in [0, 0.1) is 5.92 Å². The summed E-state index contributed by atoms with van der Waals surface area (Å²) in [6, 6.07) is 21.8. The van der Waals surface area contributed by atoms with E-state index in [1.807, 2.05) is 30.3 Å². The first-order valence-electron chi connectivity index (χ1n) is 11.4. The lowest BCUT2D eigenvalue weighted by Crippen LogP contribution is -2.34. The number of carbonyl (C=O) groups excluding carboxylic acids is 2. The summed E-state index contributed by atoms with van der Waals surface area (Å²) in [6.45, 7) is 0.774. The number of anilines is 1. The lowest BCUT2D eigenvalue weighted by molar-refractivity contribution is -0.135. The summed E-state index contributed by atoms with van der Waals surface area (Å²) in [4.78, 5) is 29.3. The van der Waals surface area contributed by atoms with Gasteiger partial charge in [-0.2, -0.15) is 0 Å². The zero-order valence-corrected chi connectivity index (χ0v) is 20.5. The first-order valence-corrected chi connectivity index (χ1v) is 11.4. The minimum absolute atomic E-state index is 0.0552. The lowest BCUT2D eigenvalue weighted by atomic mass is 10.0. The number of hydrogen-bond donors (Lipinski definition) is 0. The van der Waals surface area contributed by atoms with Crippen LogP contribution >= 0.6 is 0 Å². The fraction of sp³-hybridized carbons (Fsp3) is 0.286. The van der Waals surface area contributed by atoms with Gasteiger partial charge in [0, 0.05) is 38.7 Å². The molecule has 1 aliphatic rings. The molecule has 1 fully saturated rings. The van der Waals surface area contributed by atoms with Crippen LogP contribution < -0.4 is 19.1 Å². The first kappa shape index (κ1) is 24.1. The topological polar surface area (TPSA) is 68.3 Å². The van der Waals surface area contributed by atoms with Crippen molar-refractivity contribution in [3.63, 3.8) is 0 Å². The molecule has 2 amide bonds. The molecule has 1 saturated heterocycles. The third-order valence-electron chi connectivity index (χ3n) is 6.29. The molecule has 3 aromatic carbocycles. The van der Waals surface area contributed by atoms with E-state index in [1.165, 1.54) is 21.3 Å². The molecule has 7 heteroatoms. The largest absolute Gasteiger partial charge is 0.493 e. The maximum atomic E-state index is 13.2. The molecule has 0 spiro atoms. The third-order valence-corrected chi connectivity index (χ3v) is 6.29. The molecule has 182 valence electrons. The number of nitrogens with zero attached hydrogens (tertiary/aromatic N) is 2. The minimum atomic E-state index is -0.421. The van der Waals surface area contributed by atoms with E-state index < -0.39 is 5.92 Å². The van der Waals surface area contributed by atoms with Crippen molar-refractivity contribution >= 4 is 17.5 Å². The third kappa shape index (κ3) is 5.09. The van der Waals surface area contributed by atoms with Crippen molar-refractivity contribution in [2.75, 3.05) is 39.8 Å². The number of benzene rings is 3. The Morgan fingerprint density at radius 3 is 2.09 bits per heavy atom.